The number of thiophene rings is 1. The van der Waals surface area contributed by atoms with E-state index in [1.165, 1.54) is 18.4 Å². The number of nitrogens with one attached hydrogen (secondary N) is 2. The number of carbonyl (C=O) groups excluding carboxylic acids is 3. The van der Waals surface area contributed by atoms with Crippen molar-refractivity contribution in [1.82, 2.24) is 0 Å². The first-order valence-electron chi connectivity index (χ1n) is 11.1. The van der Waals surface area contributed by atoms with E-state index in [1.807, 2.05) is 13.8 Å². The highest BCUT2D eigenvalue weighted by molar-refractivity contribution is 7.16. The van der Waals surface area contributed by atoms with Gasteiger partial charge in [0.25, 0.3) is 11.8 Å². The monoisotopic (exact) mass is 530 g/mol. The molecule has 2 N–H and O–H groups in total. The molecule has 1 aromatic heterocycles. The van der Waals surface area contributed by atoms with Crippen LogP contribution in [0.5, 0.6) is 11.5 Å². The number of methoxy groups -OCH3 is 1. The summed E-state index contributed by atoms with van der Waals surface area (Å²) in [6.07, 6.45) is -0.836. The highest BCUT2D eigenvalue weighted by atomic mass is 35.5. The van der Waals surface area contributed by atoms with E-state index in [4.69, 9.17) is 25.8 Å². The smallest absolute Gasteiger partial charge is 0.341 e. The molecule has 0 saturated carbocycles. The van der Waals surface area contributed by atoms with Gasteiger partial charge in [-0.2, -0.15) is 0 Å². The summed E-state index contributed by atoms with van der Waals surface area (Å²) < 4.78 is 16.1. The van der Waals surface area contributed by atoms with Crippen molar-refractivity contribution in [3.63, 3.8) is 0 Å². The number of halogens is 1. The number of rotatable bonds is 9. The minimum absolute atomic E-state index is 0.241. The molecule has 0 aliphatic carbocycles. The number of hydrogen-bond donors (Lipinski definition) is 2. The molecule has 3 aromatic rings. The van der Waals surface area contributed by atoms with Crippen LogP contribution in [0.25, 0.3) is 0 Å². The minimum Gasteiger partial charge on any atom is -0.495 e. The third-order valence-electron chi connectivity index (χ3n) is 5.31. The van der Waals surface area contributed by atoms with Gasteiger partial charge in [0.2, 0.25) is 0 Å². The van der Waals surface area contributed by atoms with Gasteiger partial charge in [-0.3, -0.25) is 9.59 Å². The fourth-order valence-corrected chi connectivity index (χ4v) is 4.51. The number of hydrogen-bond acceptors (Lipinski definition) is 7. The molecular weight excluding hydrogens is 504 g/mol. The van der Waals surface area contributed by atoms with Crippen LogP contribution in [0.1, 0.15) is 45.0 Å². The van der Waals surface area contributed by atoms with Gasteiger partial charge in [0.05, 0.1) is 25.0 Å². The van der Waals surface area contributed by atoms with Crippen LogP contribution in [-0.2, 0) is 9.53 Å². The number of esters is 1. The van der Waals surface area contributed by atoms with Gasteiger partial charge in [-0.05, 0) is 75.7 Å². The normalized spacial score (nSPS) is 11.4. The molecule has 0 bridgehead atoms. The molecule has 3 rings (SSSR count). The van der Waals surface area contributed by atoms with Crippen LogP contribution in [-0.4, -0.2) is 37.6 Å². The van der Waals surface area contributed by atoms with Crippen LogP contribution >= 0.6 is 22.9 Å². The van der Waals surface area contributed by atoms with Gasteiger partial charge >= 0.3 is 5.97 Å². The number of ether oxygens (including phenoxy) is 3. The van der Waals surface area contributed by atoms with Crippen LogP contribution in [0.3, 0.4) is 0 Å². The number of carbonyl (C=O) groups is 3. The summed E-state index contributed by atoms with van der Waals surface area (Å²) in [6.45, 7) is 7.27. The highest BCUT2D eigenvalue weighted by Gasteiger charge is 2.23. The summed E-state index contributed by atoms with van der Waals surface area (Å²) >= 11 is 7.33. The predicted octanol–water partition coefficient (Wildman–Crippen LogP) is 5.86. The summed E-state index contributed by atoms with van der Waals surface area (Å²) in [5.41, 5.74) is 1.93. The molecule has 2 aromatic carbocycles. The largest absolute Gasteiger partial charge is 0.495 e. The molecule has 2 amide bonds. The second-order valence-corrected chi connectivity index (χ2v) is 9.44. The fraction of sp³-hybridized carbons (Fsp3) is 0.269. The van der Waals surface area contributed by atoms with Crippen molar-refractivity contribution >= 4 is 51.4 Å². The van der Waals surface area contributed by atoms with E-state index in [2.05, 4.69) is 10.6 Å². The molecule has 0 saturated heterocycles. The Balaban J connectivity index is 1.66. The summed E-state index contributed by atoms with van der Waals surface area (Å²) in [4.78, 5) is 38.7. The average Bonchev–Trinajstić information content (AvgIpc) is 3.12. The lowest BCUT2D eigenvalue weighted by Crippen LogP contribution is -2.30. The summed E-state index contributed by atoms with van der Waals surface area (Å²) in [7, 11) is 1.49. The molecule has 0 fully saturated rings. The maximum Gasteiger partial charge on any atom is 0.341 e. The van der Waals surface area contributed by atoms with E-state index in [0.717, 1.165) is 10.4 Å². The lowest BCUT2D eigenvalue weighted by atomic mass is 10.1. The lowest BCUT2D eigenvalue weighted by Gasteiger charge is -2.16. The van der Waals surface area contributed by atoms with E-state index >= 15 is 0 Å². The van der Waals surface area contributed by atoms with Crippen molar-refractivity contribution in [2.24, 2.45) is 0 Å². The Hall–Kier alpha value is -3.56. The molecule has 36 heavy (non-hydrogen) atoms. The molecule has 1 atom stereocenters. The van der Waals surface area contributed by atoms with Crippen molar-refractivity contribution < 1.29 is 28.6 Å². The first-order chi connectivity index (χ1) is 17.1. The highest BCUT2D eigenvalue weighted by Crippen LogP contribution is 2.33. The Morgan fingerprint density at radius 2 is 1.75 bits per heavy atom. The third kappa shape index (κ3) is 6.35. The summed E-state index contributed by atoms with van der Waals surface area (Å²) in [5, 5.41) is 6.43. The van der Waals surface area contributed by atoms with Gasteiger partial charge < -0.3 is 24.8 Å². The fourth-order valence-electron chi connectivity index (χ4n) is 3.29. The van der Waals surface area contributed by atoms with Crippen LogP contribution < -0.4 is 20.1 Å². The predicted molar refractivity (Wildman–Crippen MR) is 141 cm³/mol. The van der Waals surface area contributed by atoms with Crippen LogP contribution in [0.4, 0.5) is 10.7 Å². The van der Waals surface area contributed by atoms with Crippen molar-refractivity contribution in [3.8, 4) is 11.5 Å². The number of amides is 2. The molecule has 10 heteroatoms. The first kappa shape index (κ1) is 27.0. The second kappa shape index (κ2) is 11.9. The second-order valence-electron chi connectivity index (χ2n) is 7.78. The molecule has 190 valence electrons. The lowest BCUT2D eigenvalue weighted by molar-refractivity contribution is -0.122. The van der Waals surface area contributed by atoms with Crippen molar-refractivity contribution in [3.05, 3.63) is 69.1 Å². The van der Waals surface area contributed by atoms with E-state index in [-0.39, 0.29) is 12.5 Å². The maximum atomic E-state index is 12.8. The maximum absolute atomic E-state index is 12.8. The van der Waals surface area contributed by atoms with Crippen LogP contribution in [0.2, 0.25) is 5.02 Å². The van der Waals surface area contributed by atoms with E-state index in [1.54, 1.807) is 56.3 Å². The van der Waals surface area contributed by atoms with Gasteiger partial charge in [-0.15, -0.1) is 11.3 Å². The molecule has 0 aliphatic rings. The molecule has 1 heterocycles. The molecule has 8 nitrogen and oxygen atoms in total. The quantitative estimate of drug-likeness (QED) is 0.336. The number of aryl methyl sites for hydroxylation is 1. The minimum atomic E-state index is -0.836. The van der Waals surface area contributed by atoms with Gasteiger partial charge in [0.1, 0.15) is 16.5 Å². The first-order valence-corrected chi connectivity index (χ1v) is 12.3. The van der Waals surface area contributed by atoms with E-state index < -0.39 is 18.0 Å². The zero-order chi connectivity index (χ0) is 26.4. The molecule has 0 spiro atoms. The Labute approximate surface area is 218 Å². The van der Waals surface area contributed by atoms with Crippen molar-refractivity contribution in [2.45, 2.75) is 33.8 Å². The SMILES string of the molecule is CCOC(=O)c1c(NC(=O)c2ccc(OC(C)C(=O)Nc3cc(Cl)ccc3OC)cc2)sc(C)c1C. The summed E-state index contributed by atoms with van der Waals surface area (Å²) in [5.74, 6) is -0.375. The molecular formula is C26H27ClN2O6S. The topological polar surface area (TPSA) is 103 Å². The Morgan fingerprint density at radius 1 is 1.06 bits per heavy atom. The number of benzene rings is 2. The Kier molecular flexibility index (Phi) is 8.95. The third-order valence-corrected chi connectivity index (χ3v) is 6.67. The molecule has 0 radical (unpaired) electrons. The van der Waals surface area contributed by atoms with E-state index in [0.29, 0.717) is 38.3 Å². The van der Waals surface area contributed by atoms with Crippen LogP contribution in [0.15, 0.2) is 42.5 Å². The van der Waals surface area contributed by atoms with Crippen LogP contribution in [0, 0.1) is 13.8 Å². The molecule has 1 unspecified atom stereocenters. The van der Waals surface area contributed by atoms with Gasteiger partial charge in [0, 0.05) is 15.5 Å². The van der Waals surface area contributed by atoms with Gasteiger partial charge in [-0.25, -0.2) is 4.79 Å². The Bertz CT molecular complexity index is 1270. The average molecular weight is 531 g/mol. The summed E-state index contributed by atoms with van der Waals surface area (Å²) in [6, 6.07) is 11.2. The standard InChI is InChI=1S/C26H27ClN2O6S/c1-6-34-26(32)22-14(2)16(4)36-25(22)29-24(31)17-7-10-19(11-8-17)35-15(3)23(30)28-20-13-18(27)9-12-21(20)33-5/h7-13,15H,6H2,1-5H3,(H,28,30)(H,29,31). The zero-order valence-electron chi connectivity index (χ0n) is 20.6. The van der Waals surface area contributed by atoms with Crippen molar-refractivity contribution in [1.29, 1.82) is 0 Å². The van der Waals surface area contributed by atoms with E-state index in [9.17, 15) is 14.4 Å². The molecule has 0 aliphatic heterocycles. The number of anilines is 2. The zero-order valence-corrected chi connectivity index (χ0v) is 22.1. The Morgan fingerprint density at radius 3 is 2.39 bits per heavy atom. The van der Waals surface area contributed by atoms with Crippen molar-refractivity contribution in [2.75, 3.05) is 24.4 Å². The van der Waals surface area contributed by atoms with Gasteiger partial charge in [-0.1, -0.05) is 11.6 Å². The van der Waals surface area contributed by atoms with Gasteiger partial charge in [0.15, 0.2) is 6.10 Å².